The summed E-state index contributed by atoms with van der Waals surface area (Å²) in [4.78, 5) is 34.6. The minimum atomic E-state index is -0.0324. The fourth-order valence-corrected chi connectivity index (χ4v) is 4.00. The molecule has 1 amide bonds. The van der Waals surface area contributed by atoms with Gasteiger partial charge in [-0.25, -0.2) is 0 Å². The second kappa shape index (κ2) is 7.85. The zero-order valence-corrected chi connectivity index (χ0v) is 15.8. The topological polar surface area (TPSA) is 66.1 Å². The van der Waals surface area contributed by atoms with Crippen LogP contribution in [0.5, 0.6) is 0 Å². The highest BCUT2D eigenvalue weighted by Gasteiger charge is 2.30. The molecule has 3 rings (SSSR count). The second-order valence-corrected chi connectivity index (χ2v) is 7.19. The molecule has 1 saturated heterocycles. The van der Waals surface area contributed by atoms with Gasteiger partial charge in [-0.2, -0.15) is 0 Å². The van der Waals surface area contributed by atoms with E-state index in [0.717, 1.165) is 55.6 Å². The first-order valence-corrected chi connectivity index (χ1v) is 9.40. The van der Waals surface area contributed by atoms with Crippen LogP contribution in [-0.4, -0.2) is 39.1 Å². The lowest BCUT2D eigenvalue weighted by Crippen LogP contribution is -2.44. The Balaban J connectivity index is 1.79. The summed E-state index contributed by atoms with van der Waals surface area (Å²) in [6.07, 6.45) is 6.83. The van der Waals surface area contributed by atoms with E-state index in [1.54, 1.807) is 0 Å². The van der Waals surface area contributed by atoms with Gasteiger partial charge in [0, 0.05) is 37.1 Å². The number of hydrogen-bond donors (Lipinski definition) is 1. The van der Waals surface area contributed by atoms with E-state index >= 15 is 0 Å². The van der Waals surface area contributed by atoms with Crippen molar-refractivity contribution in [2.45, 2.75) is 58.9 Å². The highest BCUT2D eigenvalue weighted by atomic mass is 16.2. The maximum absolute atomic E-state index is 13.3. The van der Waals surface area contributed by atoms with E-state index in [-0.39, 0.29) is 17.7 Å². The van der Waals surface area contributed by atoms with Crippen molar-refractivity contribution in [3.63, 3.8) is 0 Å². The molecule has 26 heavy (non-hydrogen) atoms. The highest BCUT2D eigenvalue weighted by molar-refractivity contribution is 6.02. The van der Waals surface area contributed by atoms with Crippen molar-refractivity contribution in [2.75, 3.05) is 6.54 Å². The Morgan fingerprint density at radius 1 is 1.27 bits per heavy atom. The average molecular weight is 353 g/mol. The van der Waals surface area contributed by atoms with Crippen molar-refractivity contribution in [3.8, 4) is 0 Å². The molecule has 3 heterocycles. The van der Waals surface area contributed by atoms with Gasteiger partial charge in [-0.3, -0.25) is 14.6 Å². The van der Waals surface area contributed by atoms with Crippen LogP contribution in [0.1, 0.15) is 70.4 Å². The quantitative estimate of drug-likeness (QED) is 0.830. The molecule has 5 heteroatoms. The van der Waals surface area contributed by atoms with Crippen LogP contribution in [0.15, 0.2) is 24.4 Å². The molecule has 0 spiro atoms. The van der Waals surface area contributed by atoms with E-state index in [1.807, 2.05) is 43.1 Å². The number of aromatic nitrogens is 2. The lowest BCUT2D eigenvalue weighted by Gasteiger charge is -2.36. The highest BCUT2D eigenvalue weighted by Crippen LogP contribution is 2.27. The molecule has 0 bridgehead atoms. The van der Waals surface area contributed by atoms with Crippen LogP contribution in [0.3, 0.4) is 0 Å². The molecule has 1 N–H and O–H groups in total. The molecule has 1 fully saturated rings. The van der Waals surface area contributed by atoms with Crippen LogP contribution in [-0.2, 0) is 6.42 Å². The molecule has 2 aromatic rings. The number of amides is 1. The summed E-state index contributed by atoms with van der Waals surface area (Å²) in [6, 6.07) is 6.19. The van der Waals surface area contributed by atoms with Gasteiger partial charge in [0.1, 0.15) is 0 Å². The Bertz CT molecular complexity index is 795. The van der Waals surface area contributed by atoms with E-state index in [9.17, 15) is 9.59 Å². The minimum absolute atomic E-state index is 0.0324. The van der Waals surface area contributed by atoms with Crippen molar-refractivity contribution in [1.82, 2.24) is 14.9 Å². The third-order valence-corrected chi connectivity index (χ3v) is 5.35. The van der Waals surface area contributed by atoms with E-state index in [4.69, 9.17) is 0 Å². The number of H-pyrrole nitrogens is 1. The number of piperidine rings is 1. The third-order valence-electron chi connectivity index (χ3n) is 5.35. The van der Waals surface area contributed by atoms with E-state index in [0.29, 0.717) is 11.3 Å². The van der Waals surface area contributed by atoms with Gasteiger partial charge in [0.2, 0.25) is 0 Å². The van der Waals surface area contributed by atoms with Gasteiger partial charge in [-0.15, -0.1) is 0 Å². The number of nitrogens with zero attached hydrogens (tertiary/aromatic N) is 2. The number of pyridine rings is 1. The Morgan fingerprint density at radius 2 is 2.08 bits per heavy atom. The molecular formula is C21H27N3O2. The first-order chi connectivity index (χ1) is 12.5. The molecule has 138 valence electrons. The lowest BCUT2D eigenvalue weighted by molar-refractivity contribution is 0.0600. The fourth-order valence-electron chi connectivity index (χ4n) is 4.00. The van der Waals surface area contributed by atoms with E-state index in [1.165, 1.54) is 6.92 Å². The van der Waals surface area contributed by atoms with Crippen LogP contribution >= 0.6 is 0 Å². The van der Waals surface area contributed by atoms with Crippen LogP contribution in [0.25, 0.3) is 0 Å². The molecule has 0 aromatic carbocycles. The second-order valence-electron chi connectivity index (χ2n) is 7.19. The van der Waals surface area contributed by atoms with Gasteiger partial charge < -0.3 is 9.88 Å². The first kappa shape index (κ1) is 18.4. The Hall–Kier alpha value is -2.43. The molecular weight excluding hydrogens is 326 g/mol. The normalized spacial score (nSPS) is 17.3. The number of Topliss-reactive ketones (excluding diaryl/α,β-unsaturated/α-hetero) is 1. The predicted molar refractivity (Wildman–Crippen MR) is 102 cm³/mol. The van der Waals surface area contributed by atoms with E-state index < -0.39 is 0 Å². The summed E-state index contributed by atoms with van der Waals surface area (Å²) in [5.74, 6) is 0.0180. The Morgan fingerprint density at radius 3 is 2.73 bits per heavy atom. The van der Waals surface area contributed by atoms with Crippen LogP contribution in [0.4, 0.5) is 0 Å². The minimum Gasteiger partial charge on any atom is -0.355 e. The summed E-state index contributed by atoms with van der Waals surface area (Å²) >= 11 is 0. The summed E-state index contributed by atoms with van der Waals surface area (Å²) in [5.41, 5.74) is 3.84. The monoisotopic (exact) mass is 353 g/mol. The molecule has 5 nitrogen and oxygen atoms in total. The van der Waals surface area contributed by atoms with E-state index in [2.05, 4.69) is 9.97 Å². The van der Waals surface area contributed by atoms with Crippen molar-refractivity contribution >= 4 is 11.7 Å². The van der Waals surface area contributed by atoms with Gasteiger partial charge in [-0.1, -0.05) is 6.07 Å². The van der Waals surface area contributed by atoms with Gasteiger partial charge in [0.05, 0.1) is 11.3 Å². The summed E-state index contributed by atoms with van der Waals surface area (Å²) in [7, 11) is 0. The standard InChI is InChI=1S/C21H27N3O2/c1-14-19(15(2)23-20(14)16(3)25)21(26)24-13-7-5-9-18(24)11-10-17-8-4-6-12-22-17/h4,6,8,12,18,23H,5,7,9-11,13H2,1-3H3/t18-/m0/s1. The smallest absolute Gasteiger partial charge is 0.256 e. The molecule has 0 aliphatic carbocycles. The maximum atomic E-state index is 13.3. The maximum Gasteiger partial charge on any atom is 0.256 e. The first-order valence-electron chi connectivity index (χ1n) is 9.40. The van der Waals surface area contributed by atoms with Crippen molar-refractivity contribution in [1.29, 1.82) is 0 Å². The predicted octanol–water partition coefficient (Wildman–Crippen LogP) is 3.86. The molecule has 2 aromatic heterocycles. The van der Waals surface area contributed by atoms with Gasteiger partial charge in [-0.05, 0) is 63.6 Å². The number of aryl methyl sites for hydroxylation is 2. The lowest BCUT2D eigenvalue weighted by atomic mass is 9.95. The van der Waals surface area contributed by atoms with Crippen molar-refractivity contribution in [2.24, 2.45) is 0 Å². The van der Waals surface area contributed by atoms with Gasteiger partial charge in [0.15, 0.2) is 5.78 Å². The number of likely N-dealkylation sites (tertiary alicyclic amines) is 1. The zero-order chi connectivity index (χ0) is 18.7. The average Bonchev–Trinajstić information content (AvgIpc) is 2.95. The molecule has 0 radical (unpaired) electrons. The summed E-state index contributed by atoms with van der Waals surface area (Å²) in [5, 5.41) is 0. The number of carbonyl (C=O) groups excluding carboxylic acids is 2. The number of nitrogens with one attached hydrogen (secondary N) is 1. The molecule has 1 aliphatic heterocycles. The van der Waals surface area contributed by atoms with Gasteiger partial charge >= 0.3 is 0 Å². The number of aromatic amines is 1. The van der Waals surface area contributed by atoms with Crippen LogP contribution in [0.2, 0.25) is 0 Å². The SMILES string of the molecule is CC(=O)c1[nH]c(C)c(C(=O)N2CCCC[C@H]2CCc2ccccn2)c1C. The summed E-state index contributed by atoms with van der Waals surface area (Å²) < 4.78 is 0. The fraction of sp³-hybridized carbons (Fsp3) is 0.476. The third kappa shape index (κ3) is 3.71. The van der Waals surface area contributed by atoms with Gasteiger partial charge in [0.25, 0.3) is 5.91 Å². The molecule has 1 atom stereocenters. The molecule has 1 aliphatic rings. The molecule has 0 unspecified atom stereocenters. The zero-order valence-electron chi connectivity index (χ0n) is 15.8. The van der Waals surface area contributed by atoms with Crippen molar-refractivity contribution < 1.29 is 9.59 Å². The number of hydrogen-bond acceptors (Lipinski definition) is 3. The Kier molecular flexibility index (Phi) is 5.55. The van der Waals surface area contributed by atoms with Crippen molar-refractivity contribution in [3.05, 3.63) is 52.6 Å². The number of rotatable bonds is 5. The largest absolute Gasteiger partial charge is 0.355 e. The molecule has 0 saturated carbocycles. The summed E-state index contributed by atoms with van der Waals surface area (Å²) in [6.45, 7) is 6.05. The Labute approximate surface area is 154 Å². The van der Waals surface area contributed by atoms with Crippen LogP contribution in [0, 0.1) is 13.8 Å². The number of ketones is 1. The van der Waals surface area contributed by atoms with Crippen LogP contribution < -0.4 is 0 Å². The number of carbonyl (C=O) groups is 2.